The highest BCUT2D eigenvalue weighted by molar-refractivity contribution is 5.73. The van der Waals surface area contributed by atoms with Crippen molar-refractivity contribution in [3.63, 3.8) is 0 Å². The van der Waals surface area contributed by atoms with Gasteiger partial charge in [0.2, 0.25) is 5.91 Å². The summed E-state index contributed by atoms with van der Waals surface area (Å²) in [6.45, 7) is 1.59. The van der Waals surface area contributed by atoms with Gasteiger partial charge in [0.15, 0.2) is 0 Å². The lowest BCUT2D eigenvalue weighted by molar-refractivity contribution is -0.119. The molecule has 0 radical (unpaired) electrons. The van der Waals surface area contributed by atoms with Gasteiger partial charge in [-0.2, -0.15) is 0 Å². The Hall–Kier alpha value is -2.09. The third-order valence-electron chi connectivity index (χ3n) is 4.07. The van der Waals surface area contributed by atoms with E-state index in [4.69, 9.17) is 0 Å². The third kappa shape index (κ3) is 2.46. The molecule has 1 N–H and O–H groups in total. The van der Waals surface area contributed by atoms with E-state index < -0.39 is 0 Å². The second-order valence-electron chi connectivity index (χ2n) is 5.42. The minimum Gasteiger partial charge on any atom is -0.350 e. The zero-order chi connectivity index (χ0) is 13.9. The summed E-state index contributed by atoms with van der Waals surface area (Å²) < 4.78 is 0. The molecule has 0 heterocycles. The molecule has 20 heavy (non-hydrogen) atoms. The lowest BCUT2D eigenvalue weighted by Crippen LogP contribution is -2.30. The lowest BCUT2D eigenvalue weighted by atomic mass is 9.77. The van der Waals surface area contributed by atoms with Crippen LogP contribution in [0.3, 0.4) is 0 Å². The first-order valence-electron chi connectivity index (χ1n) is 7.16. The van der Waals surface area contributed by atoms with Crippen molar-refractivity contribution in [2.75, 3.05) is 0 Å². The molecule has 2 unspecified atom stereocenters. The number of hydrogen-bond acceptors (Lipinski definition) is 1. The summed E-state index contributed by atoms with van der Waals surface area (Å²) in [5.74, 6) is 0.486. The number of carbonyl (C=O) groups excluding carboxylic acids is 1. The van der Waals surface area contributed by atoms with Gasteiger partial charge in [-0.3, -0.25) is 4.79 Å². The Balaban J connectivity index is 1.99. The van der Waals surface area contributed by atoms with Gasteiger partial charge in [-0.1, -0.05) is 54.6 Å². The Labute approximate surface area is 119 Å². The van der Waals surface area contributed by atoms with E-state index in [2.05, 4.69) is 59.9 Å². The van der Waals surface area contributed by atoms with Crippen molar-refractivity contribution in [3.05, 3.63) is 71.3 Å². The van der Waals surface area contributed by atoms with Gasteiger partial charge in [0, 0.05) is 12.8 Å². The maximum Gasteiger partial charge on any atom is 0.217 e. The van der Waals surface area contributed by atoms with Gasteiger partial charge in [0.1, 0.15) is 0 Å². The summed E-state index contributed by atoms with van der Waals surface area (Å²) in [6.07, 6.45) is 2.07. The summed E-state index contributed by atoms with van der Waals surface area (Å²) in [4.78, 5) is 11.4. The minimum atomic E-state index is 0.0444. The fraction of sp³-hybridized carbons (Fsp3) is 0.278. The van der Waals surface area contributed by atoms with Gasteiger partial charge in [0.25, 0.3) is 0 Å². The molecule has 2 aromatic rings. The Morgan fingerprint density at radius 3 is 2.30 bits per heavy atom. The van der Waals surface area contributed by atoms with Crippen molar-refractivity contribution in [3.8, 4) is 0 Å². The molecule has 3 rings (SSSR count). The summed E-state index contributed by atoms with van der Waals surface area (Å²) >= 11 is 0. The predicted octanol–water partition coefficient (Wildman–Crippen LogP) is 3.79. The average Bonchev–Trinajstić information content (AvgIpc) is 2.48. The van der Waals surface area contributed by atoms with Crippen LogP contribution in [-0.4, -0.2) is 5.91 Å². The van der Waals surface area contributed by atoms with E-state index in [0.717, 1.165) is 12.8 Å². The van der Waals surface area contributed by atoms with Crippen LogP contribution in [0.5, 0.6) is 0 Å². The van der Waals surface area contributed by atoms with E-state index in [0.29, 0.717) is 5.92 Å². The van der Waals surface area contributed by atoms with Crippen LogP contribution in [0.1, 0.15) is 48.4 Å². The minimum absolute atomic E-state index is 0.0444. The van der Waals surface area contributed by atoms with Gasteiger partial charge < -0.3 is 5.32 Å². The highest BCUT2D eigenvalue weighted by atomic mass is 16.1. The number of nitrogens with one attached hydrogen (secondary N) is 1. The zero-order valence-corrected chi connectivity index (χ0v) is 11.7. The highest BCUT2D eigenvalue weighted by Gasteiger charge is 2.28. The molecule has 0 saturated heterocycles. The van der Waals surface area contributed by atoms with E-state index in [1.54, 1.807) is 6.92 Å². The molecule has 0 aliphatic heterocycles. The van der Waals surface area contributed by atoms with E-state index >= 15 is 0 Å². The van der Waals surface area contributed by atoms with Crippen molar-refractivity contribution in [1.29, 1.82) is 0 Å². The quantitative estimate of drug-likeness (QED) is 0.879. The molecule has 2 aromatic carbocycles. The molecule has 0 saturated carbocycles. The fourth-order valence-corrected chi connectivity index (χ4v) is 3.22. The molecule has 1 aliphatic carbocycles. The maximum absolute atomic E-state index is 11.4. The molecule has 2 nitrogen and oxygen atoms in total. The van der Waals surface area contributed by atoms with E-state index in [-0.39, 0.29) is 11.9 Å². The van der Waals surface area contributed by atoms with Crippen molar-refractivity contribution in [2.45, 2.75) is 31.7 Å². The standard InChI is InChI=1S/C18H19NO/c1-13(20)19-18-12-11-15(14-7-3-2-4-8-14)16-9-5-6-10-17(16)18/h2-10,15,18H,11-12H2,1H3,(H,19,20). The molecule has 1 amide bonds. The third-order valence-corrected chi connectivity index (χ3v) is 4.07. The second kappa shape index (κ2) is 5.49. The SMILES string of the molecule is CC(=O)NC1CCC(c2ccccc2)c2ccccc21. The summed E-state index contributed by atoms with van der Waals surface area (Å²) in [5, 5.41) is 3.07. The van der Waals surface area contributed by atoms with Crippen LogP contribution in [0, 0.1) is 0 Å². The van der Waals surface area contributed by atoms with Crippen LogP contribution in [0.2, 0.25) is 0 Å². The van der Waals surface area contributed by atoms with Crippen LogP contribution < -0.4 is 5.32 Å². The number of carbonyl (C=O) groups is 1. The molecule has 1 aliphatic rings. The number of fused-ring (bicyclic) bond motifs is 1. The molecule has 102 valence electrons. The van der Waals surface area contributed by atoms with E-state index in [1.807, 2.05) is 0 Å². The first-order valence-corrected chi connectivity index (χ1v) is 7.16. The topological polar surface area (TPSA) is 29.1 Å². The maximum atomic E-state index is 11.4. The Morgan fingerprint density at radius 1 is 0.950 bits per heavy atom. The molecule has 2 heteroatoms. The van der Waals surface area contributed by atoms with Crippen LogP contribution in [0.25, 0.3) is 0 Å². The largest absolute Gasteiger partial charge is 0.350 e. The predicted molar refractivity (Wildman–Crippen MR) is 80.5 cm³/mol. The molecule has 2 atom stereocenters. The molecule has 0 spiro atoms. The second-order valence-corrected chi connectivity index (χ2v) is 5.42. The average molecular weight is 265 g/mol. The molecule has 0 bridgehead atoms. The van der Waals surface area contributed by atoms with Gasteiger partial charge in [-0.15, -0.1) is 0 Å². The van der Waals surface area contributed by atoms with Gasteiger partial charge in [-0.05, 0) is 29.5 Å². The van der Waals surface area contributed by atoms with Crippen LogP contribution in [-0.2, 0) is 4.79 Å². The number of amides is 1. The smallest absolute Gasteiger partial charge is 0.217 e. The van der Waals surface area contributed by atoms with Gasteiger partial charge in [0.05, 0.1) is 6.04 Å². The number of benzene rings is 2. The molecule has 0 aromatic heterocycles. The van der Waals surface area contributed by atoms with E-state index in [1.165, 1.54) is 16.7 Å². The normalized spacial score (nSPS) is 21.1. The first-order chi connectivity index (χ1) is 9.75. The van der Waals surface area contributed by atoms with Crippen LogP contribution in [0.4, 0.5) is 0 Å². The van der Waals surface area contributed by atoms with Crippen molar-refractivity contribution in [1.82, 2.24) is 5.32 Å². The summed E-state index contributed by atoms with van der Waals surface area (Å²) in [6, 6.07) is 19.3. The molecular formula is C18H19NO. The summed E-state index contributed by atoms with van der Waals surface area (Å²) in [7, 11) is 0. The van der Waals surface area contributed by atoms with Crippen molar-refractivity contribution < 1.29 is 4.79 Å². The zero-order valence-electron chi connectivity index (χ0n) is 11.7. The molecule has 0 fully saturated rings. The highest BCUT2D eigenvalue weighted by Crippen LogP contribution is 2.40. The van der Waals surface area contributed by atoms with Gasteiger partial charge >= 0.3 is 0 Å². The van der Waals surface area contributed by atoms with Crippen LogP contribution >= 0.6 is 0 Å². The molecular weight excluding hydrogens is 246 g/mol. The monoisotopic (exact) mass is 265 g/mol. The first kappa shape index (κ1) is 12.9. The van der Waals surface area contributed by atoms with Crippen molar-refractivity contribution in [2.24, 2.45) is 0 Å². The fourth-order valence-electron chi connectivity index (χ4n) is 3.22. The Kier molecular flexibility index (Phi) is 3.55. The Morgan fingerprint density at radius 2 is 1.60 bits per heavy atom. The number of rotatable bonds is 2. The van der Waals surface area contributed by atoms with E-state index in [9.17, 15) is 4.79 Å². The van der Waals surface area contributed by atoms with Crippen molar-refractivity contribution >= 4 is 5.91 Å². The number of hydrogen-bond donors (Lipinski definition) is 1. The Bertz CT molecular complexity index is 606. The van der Waals surface area contributed by atoms with Gasteiger partial charge in [-0.25, -0.2) is 0 Å². The van der Waals surface area contributed by atoms with Crippen LogP contribution in [0.15, 0.2) is 54.6 Å². The summed E-state index contributed by atoms with van der Waals surface area (Å²) in [5.41, 5.74) is 3.98. The lowest BCUT2D eigenvalue weighted by Gasteiger charge is -2.32.